The molecule has 0 fully saturated rings. The molecular weight excluding hydrogens is 374 g/mol. The lowest BCUT2D eigenvalue weighted by Gasteiger charge is -2.13. The van der Waals surface area contributed by atoms with E-state index in [1.54, 1.807) is 0 Å². The molecule has 0 aliphatic heterocycles. The van der Waals surface area contributed by atoms with Gasteiger partial charge in [-0.2, -0.15) is 0 Å². The molecular formula is C26H31NO3. The van der Waals surface area contributed by atoms with Gasteiger partial charge in [0, 0.05) is 12.3 Å². The average molecular weight is 406 g/mol. The maximum Gasteiger partial charge on any atom is 0.181 e. The highest BCUT2D eigenvalue weighted by atomic mass is 16.5. The molecule has 30 heavy (non-hydrogen) atoms. The summed E-state index contributed by atoms with van der Waals surface area (Å²) in [6.45, 7) is 4.80. The van der Waals surface area contributed by atoms with E-state index in [9.17, 15) is 4.79 Å². The molecule has 0 unspecified atom stereocenters. The molecule has 0 amide bonds. The van der Waals surface area contributed by atoms with E-state index in [0.29, 0.717) is 30.2 Å². The molecule has 4 nitrogen and oxygen atoms in total. The van der Waals surface area contributed by atoms with Crippen molar-refractivity contribution in [2.24, 2.45) is 0 Å². The number of carbonyl (C=O) groups is 1. The van der Waals surface area contributed by atoms with E-state index in [4.69, 9.17) is 9.47 Å². The summed E-state index contributed by atoms with van der Waals surface area (Å²) in [5.41, 5.74) is 2.10. The van der Waals surface area contributed by atoms with Crippen LogP contribution in [-0.2, 0) is 6.61 Å². The maximum atomic E-state index is 12.2. The number of ether oxygens (including phenoxy) is 2. The van der Waals surface area contributed by atoms with Gasteiger partial charge >= 0.3 is 0 Å². The Hall–Kier alpha value is -2.88. The third kappa shape index (κ3) is 6.06. The Morgan fingerprint density at radius 2 is 1.63 bits per heavy atom. The lowest BCUT2D eigenvalue weighted by Crippen LogP contribution is -2.06. The second-order valence-corrected chi connectivity index (χ2v) is 7.61. The summed E-state index contributed by atoms with van der Waals surface area (Å²) in [6, 6.07) is 17.6. The zero-order chi connectivity index (χ0) is 21.2. The van der Waals surface area contributed by atoms with Crippen molar-refractivity contribution < 1.29 is 14.3 Å². The molecule has 158 valence electrons. The third-order valence-corrected chi connectivity index (χ3v) is 5.10. The number of pyridine rings is 1. The Kier molecular flexibility index (Phi) is 8.25. The van der Waals surface area contributed by atoms with Crippen molar-refractivity contribution in [3.8, 4) is 11.5 Å². The van der Waals surface area contributed by atoms with Gasteiger partial charge in [0.25, 0.3) is 0 Å². The summed E-state index contributed by atoms with van der Waals surface area (Å²) < 4.78 is 12.0. The van der Waals surface area contributed by atoms with Gasteiger partial charge in [-0.1, -0.05) is 81.5 Å². The van der Waals surface area contributed by atoms with Crippen LogP contribution in [0.4, 0.5) is 0 Å². The van der Waals surface area contributed by atoms with Crippen LogP contribution >= 0.6 is 0 Å². The van der Waals surface area contributed by atoms with Crippen LogP contribution in [0.1, 0.15) is 68.4 Å². The lowest BCUT2D eigenvalue weighted by atomic mass is 10.1. The number of hydrogen-bond acceptors (Lipinski definition) is 4. The molecule has 0 bridgehead atoms. The normalized spacial score (nSPS) is 10.9. The molecule has 0 atom stereocenters. The highest BCUT2D eigenvalue weighted by Crippen LogP contribution is 2.30. The minimum absolute atomic E-state index is 0.120. The van der Waals surface area contributed by atoms with Crippen LogP contribution in [-0.4, -0.2) is 17.4 Å². The van der Waals surface area contributed by atoms with Crippen LogP contribution in [0.3, 0.4) is 0 Å². The summed E-state index contributed by atoms with van der Waals surface area (Å²) in [5, 5.41) is 0.906. The first kappa shape index (κ1) is 21.8. The standard InChI is InChI=1S/C26H31NO3/c1-3-4-5-6-7-11-17-29-23-16-12-15-22-18-24(25(20(2)28)27-26(22)23)30-19-21-13-9-8-10-14-21/h8-10,12-16,18H,3-7,11,17,19H2,1-2H3. The molecule has 4 heteroatoms. The van der Waals surface area contributed by atoms with E-state index in [0.717, 1.165) is 23.1 Å². The number of fused-ring (bicyclic) bond motifs is 1. The SMILES string of the molecule is CCCCCCCCOc1cccc2cc(OCc3ccccc3)c(C(C)=O)nc12. The fraction of sp³-hybridized carbons (Fsp3) is 0.385. The van der Waals surface area contributed by atoms with Crippen LogP contribution < -0.4 is 9.47 Å². The number of nitrogens with zero attached hydrogens (tertiary/aromatic N) is 1. The first-order chi connectivity index (χ1) is 14.7. The molecule has 0 aliphatic rings. The number of Topliss-reactive ketones (excluding diaryl/α,β-unsaturated/α-hetero) is 1. The van der Waals surface area contributed by atoms with Crippen molar-refractivity contribution in [2.75, 3.05) is 6.61 Å². The smallest absolute Gasteiger partial charge is 0.181 e. The van der Waals surface area contributed by atoms with Crippen molar-refractivity contribution in [3.63, 3.8) is 0 Å². The predicted octanol–water partition coefficient (Wildman–Crippen LogP) is 6.76. The average Bonchev–Trinajstić information content (AvgIpc) is 2.77. The summed E-state index contributed by atoms with van der Waals surface area (Å²) in [7, 11) is 0. The zero-order valence-electron chi connectivity index (χ0n) is 18.0. The van der Waals surface area contributed by atoms with Crippen molar-refractivity contribution in [3.05, 3.63) is 65.9 Å². The summed E-state index contributed by atoms with van der Waals surface area (Å²) in [6.07, 6.45) is 7.30. The van der Waals surface area contributed by atoms with E-state index in [1.165, 1.54) is 39.0 Å². The quantitative estimate of drug-likeness (QED) is 0.247. The van der Waals surface area contributed by atoms with Gasteiger partial charge in [-0.15, -0.1) is 0 Å². The Bertz CT molecular complexity index is 953. The van der Waals surface area contributed by atoms with E-state index < -0.39 is 0 Å². The maximum absolute atomic E-state index is 12.2. The topological polar surface area (TPSA) is 48.4 Å². The highest BCUT2D eigenvalue weighted by molar-refractivity contribution is 5.98. The molecule has 0 spiro atoms. The fourth-order valence-electron chi connectivity index (χ4n) is 3.43. The number of benzene rings is 2. The molecule has 2 aromatic carbocycles. The summed E-state index contributed by atoms with van der Waals surface area (Å²) in [4.78, 5) is 16.9. The fourth-order valence-corrected chi connectivity index (χ4v) is 3.43. The van der Waals surface area contributed by atoms with Gasteiger partial charge in [-0.25, -0.2) is 4.98 Å². The Labute approximate surface area is 179 Å². The lowest BCUT2D eigenvalue weighted by molar-refractivity contribution is 0.100. The highest BCUT2D eigenvalue weighted by Gasteiger charge is 2.15. The first-order valence-corrected chi connectivity index (χ1v) is 10.9. The predicted molar refractivity (Wildman–Crippen MR) is 121 cm³/mol. The molecule has 0 saturated carbocycles. The van der Waals surface area contributed by atoms with Gasteiger partial charge in [0.05, 0.1) is 6.61 Å². The third-order valence-electron chi connectivity index (χ3n) is 5.10. The minimum Gasteiger partial charge on any atom is -0.491 e. The number of aromatic nitrogens is 1. The number of rotatable bonds is 12. The zero-order valence-corrected chi connectivity index (χ0v) is 18.0. The van der Waals surface area contributed by atoms with Crippen LogP contribution in [0.25, 0.3) is 10.9 Å². The van der Waals surface area contributed by atoms with Gasteiger partial charge in [-0.05, 0) is 24.1 Å². The van der Waals surface area contributed by atoms with Gasteiger partial charge < -0.3 is 9.47 Å². The molecule has 1 aromatic heterocycles. The van der Waals surface area contributed by atoms with Crippen LogP contribution in [0.2, 0.25) is 0 Å². The van der Waals surface area contributed by atoms with E-state index >= 15 is 0 Å². The summed E-state index contributed by atoms with van der Waals surface area (Å²) >= 11 is 0. The van der Waals surface area contributed by atoms with Gasteiger partial charge in [0.2, 0.25) is 0 Å². The van der Waals surface area contributed by atoms with E-state index in [1.807, 2.05) is 54.6 Å². The van der Waals surface area contributed by atoms with E-state index in [-0.39, 0.29) is 5.78 Å². The first-order valence-electron chi connectivity index (χ1n) is 10.9. The number of unbranched alkanes of at least 4 members (excludes halogenated alkanes) is 5. The monoisotopic (exact) mass is 405 g/mol. The molecule has 1 heterocycles. The van der Waals surface area contributed by atoms with Gasteiger partial charge in [0.1, 0.15) is 29.3 Å². The second kappa shape index (κ2) is 11.3. The van der Waals surface area contributed by atoms with Crippen molar-refractivity contribution in [1.29, 1.82) is 0 Å². The second-order valence-electron chi connectivity index (χ2n) is 7.61. The van der Waals surface area contributed by atoms with Crippen molar-refractivity contribution >= 4 is 16.7 Å². The Morgan fingerprint density at radius 1 is 0.867 bits per heavy atom. The summed E-state index contributed by atoms with van der Waals surface area (Å²) in [5.74, 6) is 1.11. The largest absolute Gasteiger partial charge is 0.491 e. The van der Waals surface area contributed by atoms with Crippen LogP contribution in [0, 0.1) is 0 Å². The van der Waals surface area contributed by atoms with Crippen molar-refractivity contribution in [2.45, 2.75) is 59.0 Å². The van der Waals surface area contributed by atoms with Gasteiger partial charge in [-0.3, -0.25) is 4.79 Å². The molecule has 0 N–H and O–H groups in total. The van der Waals surface area contributed by atoms with E-state index in [2.05, 4.69) is 11.9 Å². The number of carbonyl (C=O) groups excluding carboxylic acids is 1. The van der Waals surface area contributed by atoms with Crippen LogP contribution in [0.15, 0.2) is 54.6 Å². The number of para-hydroxylation sites is 1. The molecule has 3 rings (SSSR count). The molecule has 0 radical (unpaired) electrons. The Morgan fingerprint density at radius 3 is 2.40 bits per heavy atom. The number of hydrogen-bond donors (Lipinski definition) is 0. The minimum atomic E-state index is -0.120. The molecule has 0 saturated heterocycles. The van der Waals surface area contributed by atoms with Crippen LogP contribution in [0.5, 0.6) is 11.5 Å². The van der Waals surface area contributed by atoms with Crippen molar-refractivity contribution in [1.82, 2.24) is 4.98 Å². The molecule has 3 aromatic rings. The number of ketones is 1. The molecule has 0 aliphatic carbocycles. The van der Waals surface area contributed by atoms with Gasteiger partial charge in [0.15, 0.2) is 5.78 Å². The Balaban J connectivity index is 1.72.